The number of aromatic nitrogens is 2. The van der Waals surface area contributed by atoms with Gasteiger partial charge in [0.1, 0.15) is 11.6 Å². The van der Waals surface area contributed by atoms with Crippen LogP contribution in [0.2, 0.25) is 0 Å². The van der Waals surface area contributed by atoms with E-state index in [0.29, 0.717) is 17.9 Å². The van der Waals surface area contributed by atoms with Crippen LogP contribution in [-0.4, -0.2) is 9.97 Å². The van der Waals surface area contributed by atoms with Crippen LogP contribution >= 0.6 is 0 Å². The van der Waals surface area contributed by atoms with Crippen molar-refractivity contribution in [3.8, 4) is 0 Å². The molecule has 4 nitrogen and oxygen atoms in total. The van der Waals surface area contributed by atoms with E-state index in [1.165, 1.54) is 6.07 Å². The molecule has 0 fully saturated rings. The Labute approximate surface area is 119 Å². The number of nitrogens with one attached hydrogen (secondary N) is 1. The van der Waals surface area contributed by atoms with Crippen LogP contribution in [-0.2, 0) is 6.54 Å². The fraction of sp³-hybridized carbons (Fsp3) is 0.333. The van der Waals surface area contributed by atoms with Gasteiger partial charge < -0.3 is 11.1 Å². The van der Waals surface area contributed by atoms with E-state index in [0.717, 1.165) is 11.3 Å². The summed E-state index contributed by atoms with van der Waals surface area (Å²) in [5, 5.41) is 3.09. The third-order valence-corrected chi connectivity index (χ3v) is 2.58. The van der Waals surface area contributed by atoms with Gasteiger partial charge in [-0.1, -0.05) is 26.0 Å². The molecule has 0 radical (unpaired) electrons. The Morgan fingerprint density at radius 1 is 1.15 bits per heavy atom. The van der Waals surface area contributed by atoms with Gasteiger partial charge >= 0.3 is 0 Å². The summed E-state index contributed by atoms with van der Waals surface area (Å²) in [7, 11) is 0. The lowest BCUT2D eigenvalue weighted by Crippen LogP contribution is -2.05. The Bertz CT molecular complexity index is 550. The smallest absolute Gasteiger partial charge is 0.222 e. The van der Waals surface area contributed by atoms with Gasteiger partial charge in [0.25, 0.3) is 0 Å². The number of nitrogen functional groups attached to an aromatic ring is 1. The zero-order valence-electron chi connectivity index (χ0n) is 12.4. The third-order valence-electron chi connectivity index (χ3n) is 2.58. The van der Waals surface area contributed by atoms with E-state index in [2.05, 4.69) is 15.3 Å². The molecular weight excluding hydrogens is 255 g/mol. The van der Waals surface area contributed by atoms with Gasteiger partial charge in [-0.2, -0.15) is 4.98 Å². The highest BCUT2D eigenvalue weighted by atomic mass is 19.1. The Morgan fingerprint density at radius 3 is 2.45 bits per heavy atom. The monoisotopic (exact) mass is 276 g/mol. The number of rotatable bonds is 3. The highest BCUT2D eigenvalue weighted by Gasteiger charge is 2.01. The van der Waals surface area contributed by atoms with Crippen molar-refractivity contribution in [2.75, 3.05) is 11.1 Å². The number of hydrogen-bond donors (Lipinski definition) is 2. The van der Waals surface area contributed by atoms with Crippen LogP contribution in [0.25, 0.3) is 0 Å². The minimum Gasteiger partial charge on any atom is -0.368 e. The molecule has 3 N–H and O–H groups in total. The van der Waals surface area contributed by atoms with Crippen LogP contribution in [0, 0.1) is 19.7 Å². The topological polar surface area (TPSA) is 63.8 Å². The molecule has 1 aromatic carbocycles. The minimum absolute atomic E-state index is 0.201. The maximum Gasteiger partial charge on any atom is 0.222 e. The summed E-state index contributed by atoms with van der Waals surface area (Å²) in [5.41, 5.74) is 7.84. The van der Waals surface area contributed by atoms with E-state index in [-0.39, 0.29) is 11.8 Å². The Hall–Kier alpha value is -2.17. The molecule has 5 heteroatoms. The van der Waals surface area contributed by atoms with E-state index in [9.17, 15) is 4.39 Å². The summed E-state index contributed by atoms with van der Waals surface area (Å²) in [6.07, 6.45) is 0. The number of anilines is 2. The van der Waals surface area contributed by atoms with Crippen LogP contribution in [0.5, 0.6) is 0 Å². The molecule has 0 bridgehead atoms. The average molecular weight is 276 g/mol. The predicted octanol–water partition coefficient (Wildman–Crippen LogP) is 3.45. The van der Waals surface area contributed by atoms with E-state index in [1.54, 1.807) is 19.1 Å². The number of benzene rings is 1. The molecule has 0 spiro atoms. The van der Waals surface area contributed by atoms with Gasteiger partial charge in [-0.15, -0.1) is 0 Å². The predicted molar refractivity (Wildman–Crippen MR) is 81.0 cm³/mol. The van der Waals surface area contributed by atoms with Crippen LogP contribution in [0.15, 0.2) is 24.3 Å². The fourth-order valence-electron chi connectivity index (χ4n) is 1.62. The highest BCUT2D eigenvalue weighted by Crippen LogP contribution is 2.12. The van der Waals surface area contributed by atoms with Crippen molar-refractivity contribution in [1.29, 1.82) is 0 Å². The first kappa shape index (κ1) is 15.9. The molecule has 0 aliphatic carbocycles. The summed E-state index contributed by atoms with van der Waals surface area (Å²) >= 11 is 0. The number of halogens is 1. The van der Waals surface area contributed by atoms with Crippen molar-refractivity contribution in [3.05, 3.63) is 46.9 Å². The van der Waals surface area contributed by atoms with Crippen molar-refractivity contribution in [3.63, 3.8) is 0 Å². The van der Waals surface area contributed by atoms with Gasteiger partial charge in [0.2, 0.25) is 5.95 Å². The molecule has 20 heavy (non-hydrogen) atoms. The molecule has 1 aromatic heterocycles. The molecule has 2 rings (SSSR count). The van der Waals surface area contributed by atoms with E-state index in [4.69, 9.17) is 5.73 Å². The van der Waals surface area contributed by atoms with Gasteiger partial charge in [-0.25, -0.2) is 9.37 Å². The second kappa shape index (κ2) is 7.43. The molecule has 1 heterocycles. The second-order valence-electron chi connectivity index (χ2n) is 4.19. The first-order valence-corrected chi connectivity index (χ1v) is 6.64. The van der Waals surface area contributed by atoms with E-state index in [1.807, 2.05) is 26.8 Å². The minimum atomic E-state index is -0.201. The van der Waals surface area contributed by atoms with E-state index >= 15 is 0 Å². The summed E-state index contributed by atoms with van der Waals surface area (Å²) in [6.45, 7) is 8.07. The Balaban J connectivity index is 0.000000956. The van der Waals surface area contributed by atoms with Crippen LogP contribution in [0.4, 0.5) is 16.2 Å². The van der Waals surface area contributed by atoms with Crippen molar-refractivity contribution in [2.24, 2.45) is 0 Å². The highest BCUT2D eigenvalue weighted by molar-refractivity contribution is 5.41. The summed E-state index contributed by atoms with van der Waals surface area (Å²) in [4.78, 5) is 8.03. The normalized spacial score (nSPS) is 9.65. The van der Waals surface area contributed by atoms with Gasteiger partial charge in [-0.05, 0) is 31.0 Å². The van der Waals surface area contributed by atoms with Crippen molar-refractivity contribution in [1.82, 2.24) is 9.97 Å². The quantitative estimate of drug-likeness (QED) is 0.901. The maximum absolute atomic E-state index is 13.4. The molecule has 0 saturated heterocycles. The molecule has 0 aliphatic heterocycles. The Kier molecular flexibility index (Phi) is 5.90. The van der Waals surface area contributed by atoms with Crippen molar-refractivity contribution in [2.45, 2.75) is 34.2 Å². The van der Waals surface area contributed by atoms with Gasteiger partial charge in [0.15, 0.2) is 0 Å². The number of hydrogen-bond acceptors (Lipinski definition) is 4. The van der Waals surface area contributed by atoms with Gasteiger partial charge in [0, 0.05) is 18.3 Å². The molecular formula is C15H21FN4. The van der Waals surface area contributed by atoms with Crippen LogP contribution in [0.1, 0.15) is 30.7 Å². The lowest BCUT2D eigenvalue weighted by atomic mass is 10.1. The van der Waals surface area contributed by atoms with Crippen molar-refractivity contribution < 1.29 is 4.39 Å². The molecule has 0 saturated carbocycles. The second-order valence-corrected chi connectivity index (χ2v) is 4.19. The fourth-order valence-corrected chi connectivity index (χ4v) is 1.62. The zero-order valence-corrected chi connectivity index (χ0v) is 12.4. The summed E-state index contributed by atoms with van der Waals surface area (Å²) in [5.74, 6) is 0.668. The molecule has 0 unspecified atom stereocenters. The largest absolute Gasteiger partial charge is 0.368 e. The first-order chi connectivity index (χ1) is 9.54. The number of nitrogens with two attached hydrogens (primary N) is 1. The van der Waals surface area contributed by atoms with E-state index < -0.39 is 0 Å². The Morgan fingerprint density at radius 2 is 1.85 bits per heavy atom. The molecule has 0 aliphatic rings. The average Bonchev–Trinajstić information content (AvgIpc) is 2.41. The SMILES string of the molecule is CC.Cc1cc(NCc2ccc(C)c(F)c2)nc(N)n1. The number of aryl methyl sites for hydroxylation is 2. The van der Waals surface area contributed by atoms with Crippen LogP contribution < -0.4 is 11.1 Å². The lowest BCUT2D eigenvalue weighted by Gasteiger charge is -2.07. The number of nitrogens with zero attached hydrogens (tertiary/aromatic N) is 2. The maximum atomic E-state index is 13.4. The molecule has 0 amide bonds. The standard InChI is InChI=1S/C13H15FN4.C2H6/c1-8-3-4-10(6-11(8)14)7-16-12-5-9(2)17-13(15)18-12;1-2/h3-6H,7H2,1-2H3,(H3,15,16,17,18);1-2H3. The lowest BCUT2D eigenvalue weighted by molar-refractivity contribution is 0.616. The van der Waals surface area contributed by atoms with Crippen molar-refractivity contribution >= 4 is 11.8 Å². The molecule has 2 aromatic rings. The summed E-state index contributed by atoms with van der Waals surface area (Å²) in [6, 6.07) is 6.94. The van der Waals surface area contributed by atoms with Crippen LogP contribution in [0.3, 0.4) is 0 Å². The zero-order chi connectivity index (χ0) is 15.1. The van der Waals surface area contributed by atoms with Gasteiger partial charge in [0.05, 0.1) is 0 Å². The molecule has 0 atom stereocenters. The first-order valence-electron chi connectivity index (χ1n) is 6.64. The van der Waals surface area contributed by atoms with Gasteiger partial charge in [-0.3, -0.25) is 0 Å². The third kappa shape index (κ3) is 4.50. The molecule has 108 valence electrons. The summed E-state index contributed by atoms with van der Waals surface area (Å²) < 4.78 is 13.4.